The monoisotopic (exact) mass is 414 g/mol. The van der Waals surface area contributed by atoms with E-state index in [2.05, 4.69) is 0 Å². The largest absolute Gasteiger partial charge is 0.493 e. The van der Waals surface area contributed by atoms with Crippen LogP contribution in [-0.4, -0.2) is 44.3 Å². The fourth-order valence-electron chi connectivity index (χ4n) is 2.89. The summed E-state index contributed by atoms with van der Waals surface area (Å²) in [5.41, 5.74) is 1.02. The smallest absolute Gasteiger partial charge is 0.308 e. The number of hydrogen-bond acceptors (Lipinski definition) is 6. The molecular weight excluding hydrogens is 384 g/mol. The second kappa shape index (κ2) is 13.5. The maximum absolute atomic E-state index is 12.4. The highest BCUT2D eigenvalue weighted by Crippen LogP contribution is 2.12. The molecule has 0 aliphatic heterocycles. The number of benzene rings is 2. The summed E-state index contributed by atoms with van der Waals surface area (Å²) in [4.78, 5) is 23.9. The second-order valence-electron chi connectivity index (χ2n) is 7.03. The first-order valence-corrected chi connectivity index (χ1v) is 10.1. The van der Waals surface area contributed by atoms with Crippen LogP contribution in [0.3, 0.4) is 0 Å². The van der Waals surface area contributed by atoms with Crippen molar-refractivity contribution in [3.8, 4) is 5.75 Å². The molecule has 0 heterocycles. The Hall–Kier alpha value is -2.70. The van der Waals surface area contributed by atoms with Crippen LogP contribution >= 0.6 is 0 Å². The molecule has 0 amide bonds. The van der Waals surface area contributed by atoms with E-state index in [0.29, 0.717) is 19.6 Å². The first-order valence-electron chi connectivity index (χ1n) is 10.1. The minimum atomic E-state index is -0.614. The van der Waals surface area contributed by atoms with Gasteiger partial charge in [0.25, 0.3) is 0 Å². The molecule has 6 heteroatoms. The van der Waals surface area contributed by atoms with Crippen LogP contribution in [0.1, 0.15) is 31.7 Å². The van der Waals surface area contributed by atoms with Crippen LogP contribution in [0.4, 0.5) is 0 Å². The van der Waals surface area contributed by atoms with E-state index in [0.717, 1.165) is 11.3 Å². The van der Waals surface area contributed by atoms with Gasteiger partial charge in [-0.2, -0.15) is 0 Å². The number of rotatable bonds is 14. The highest BCUT2D eigenvalue weighted by atomic mass is 16.6. The molecule has 162 valence electrons. The van der Waals surface area contributed by atoms with Crippen molar-refractivity contribution in [1.82, 2.24) is 0 Å². The SMILES string of the molecule is COC(CCOc1ccccc1)CC(=O)OC(COCc1ccccc1)CC(C)=O. The van der Waals surface area contributed by atoms with Crippen LogP contribution in [0.25, 0.3) is 0 Å². The highest BCUT2D eigenvalue weighted by molar-refractivity contribution is 5.77. The average molecular weight is 414 g/mol. The summed E-state index contributed by atoms with van der Waals surface area (Å²) in [6, 6.07) is 19.2. The van der Waals surface area contributed by atoms with Gasteiger partial charge >= 0.3 is 5.97 Å². The molecule has 0 N–H and O–H groups in total. The van der Waals surface area contributed by atoms with Crippen LogP contribution in [-0.2, 0) is 30.4 Å². The molecule has 0 saturated carbocycles. The zero-order valence-corrected chi connectivity index (χ0v) is 17.6. The van der Waals surface area contributed by atoms with Crippen LogP contribution in [0.15, 0.2) is 60.7 Å². The maximum atomic E-state index is 12.4. The van der Waals surface area contributed by atoms with Gasteiger partial charge in [0.15, 0.2) is 0 Å². The van der Waals surface area contributed by atoms with E-state index in [1.165, 1.54) is 6.92 Å². The molecule has 0 fully saturated rings. The van der Waals surface area contributed by atoms with E-state index in [1.807, 2.05) is 60.7 Å². The van der Waals surface area contributed by atoms with Crippen LogP contribution in [0, 0.1) is 0 Å². The number of Topliss-reactive ketones (excluding diaryl/α,β-unsaturated/α-hetero) is 1. The van der Waals surface area contributed by atoms with Gasteiger partial charge in [-0.3, -0.25) is 9.59 Å². The number of ketones is 1. The number of hydrogen-bond donors (Lipinski definition) is 0. The van der Waals surface area contributed by atoms with Gasteiger partial charge in [0.05, 0.1) is 32.3 Å². The molecule has 0 radical (unpaired) electrons. The summed E-state index contributed by atoms with van der Waals surface area (Å²) in [6.07, 6.45) is -0.194. The van der Waals surface area contributed by atoms with Gasteiger partial charge in [-0.15, -0.1) is 0 Å². The summed E-state index contributed by atoms with van der Waals surface area (Å²) in [5, 5.41) is 0. The summed E-state index contributed by atoms with van der Waals surface area (Å²) < 4.78 is 22.2. The molecule has 2 aromatic carbocycles. The number of methoxy groups -OCH3 is 1. The van der Waals surface area contributed by atoms with Gasteiger partial charge in [0.2, 0.25) is 0 Å². The summed E-state index contributed by atoms with van der Waals surface area (Å²) >= 11 is 0. The Morgan fingerprint density at radius 3 is 2.20 bits per heavy atom. The highest BCUT2D eigenvalue weighted by Gasteiger charge is 2.20. The topological polar surface area (TPSA) is 71.1 Å². The molecule has 2 atom stereocenters. The van der Waals surface area contributed by atoms with Crippen molar-refractivity contribution in [2.24, 2.45) is 0 Å². The number of esters is 1. The normalized spacial score (nSPS) is 12.7. The molecule has 0 spiro atoms. The Morgan fingerprint density at radius 2 is 1.57 bits per heavy atom. The molecule has 6 nitrogen and oxygen atoms in total. The summed E-state index contributed by atoms with van der Waals surface area (Å²) in [5.74, 6) is 0.291. The minimum Gasteiger partial charge on any atom is -0.493 e. The van der Waals surface area contributed by atoms with Crippen molar-refractivity contribution < 1.29 is 28.5 Å². The van der Waals surface area contributed by atoms with Crippen molar-refractivity contribution in [1.29, 1.82) is 0 Å². The van der Waals surface area contributed by atoms with E-state index in [-0.39, 0.29) is 31.3 Å². The quantitative estimate of drug-likeness (QED) is 0.436. The van der Waals surface area contributed by atoms with Gasteiger partial charge in [0.1, 0.15) is 17.6 Å². The van der Waals surface area contributed by atoms with E-state index >= 15 is 0 Å². The maximum Gasteiger partial charge on any atom is 0.308 e. The fourth-order valence-corrected chi connectivity index (χ4v) is 2.89. The lowest BCUT2D eigenvalue weighted by Crippen LogP contribution is -2.28. The van der Waals surface area contributed by atoms with Crippen LogP contribution in [0.5, 0.6) is 5.75 Å². The summed E-state index contributed by atoms with van der Waals surface area (Å²) in [6.45, 7) is 2.45. The molecule has 2 unspecified atom stereocenters. The molecule has 2 aromatic rings. The van der Waals surface area contributed by atoms with Gasteiger partial charge in [-0.05, 0) is 24.6 Å². The van der Waals surface area contributed by atoms with Crippen molar-refractivity contribution in [2.45, 2.75) is 45.0 Å². The lowest BCUT2D eigenvalue weighted by molar-refractivity contribution is -0.156. The predicted molar refractivity (Wildman–Crippen MR) is 113 cm³/mol. The van der Waals surface area contributed by atoms with Crippen molar-refractivity contribution in [2.75, 3.05) is 20.3 Å². The lowest BCUT2D eigenvalue weighted by atomic mass is 10.1. The van der Waals surface area contributed by atoms with Gasteiger partial charge in [0, 0.05) is 20.0 Å². The number of carbonyl (C=O) groups excluding carboxylic acids is 2. The molecule has 0 bridgehead atoms. The zero-order valence-electron chi connectivity index (χ0n) is 17.6. The third kappa shape index (κ3) is 9.67. The Bertz CT molecular complexity index is 747. The standard InChI is InChI=1S/C24H30O6/c1-19(25)15-23(18-28-17-20-9-5-3-6-10-20)30-24(26)16-22(27-2)13-14-29-21-11-7-4-8-12-21/h3-12,22-23H,13-18H2,1-2H3. The minimum absolute atomic E-state index is 0.0596. The number of ether oxygens (including phenoxy) is 4. The third-order valence-electron chi connectivity index (χ3n) is 4.41. The van der Waals surface area contributed by atoms with Crippen molar-refractivity contribution in [3.05, 3.63) is 66.2 Å². The molecule has 0 aliphatic carbocycles. The van der Waals surface area contributed by atoms with Gasteiger partial charge in [-0.1, -0.05) is 48.5 Å². The number of carbonyl (C=O) groups is 2. The van der Waals surface area contributed by atoms with Crippen molar-refractivity contribution >= 4 is 11.8 Å². The van der Waals surface area contributed by atoms with E-state index in [1.54, 1.807) is 7.11 Å². The first kappa shape index (κ1) is 23.6. The summed E-state index contributed by atoms with van der Waals surface area (Å²) in [7, 11) is 1.55. The third-order valence-corrected chi connectivity index (χ3v) is 4.41. The van der Waals surface area contributed by atoms with E-state index in [9.17, 15) is 9.59 Å². The molecule has 2 rings (SSSR count). The van der Waals surface area contributed by atoms with E-state index < -0.39 is 12.1 Å². The molecular formula is C24H30O6. The average Bonchev–Trinajstić information content (AvgIpc) is 2.74. The predicted octanol–water partition coefficient (Wildman–Crippen LogP) is 3.97. The van der Waals surface area contributed by atoms with Crippen LogP contribution in [0.2, 0.25) is 0 Å². The lowest BCUT2D eigenvalue weighted by Gasteiger charge is -2.20. The Kier molecular flexibility index (Phi) is 10.6. The Labute approximate surface area is 178 Å². The molecule has 0 aromatic heterocycles. The van der Waals surface area contributed by atoms with Crippen molar-refractivity contribution in [3.63, 3.8) is 0 Å². The number of para-hydroxylation sites is 1. The fraction of sp³-hybridized carbons (Fsp3) is 0.417. The van der Waals surface area contributed by atoms with Crippen LogP contribution < -0.4 is 4.74 Å². The zero-order chi connectivity index (χ0) is 21.6. The van der Waals surface area contributed by atoms with Gasteiger partial charge < -0.3 is 18.9 Å². The Morgan fingerprint density at radius 1 is 0.900 bits per heavy atom. The molecule has 0 saturated heterocycles. The van der Waals surface area contributed by atoms with Gasteiger partial charge in [-0.25, -0.2) is 0 Å². The molecule has 30 heavy (non-hydrogen) atoms. The van der Waals surface area contributed by atoms with E-state index in [4.69, 9.17) is 18.9 Å². The molecule has 0 aliphatic rings. The Balaban J connectivity index is 1.75. The second-order valence-corrected chi connectivity index (χ2v) is 7.03. The first-order chi connectivity index (χ1) is 14.6.